The van der Waals surface area contributed by atoms with Crippen LogP contribution in [0.15, 0.2) is 24.3 Å². The van der Waals surface area contributed by atoms with Gasteiger partial charge in [0.15, 0.2) is 11.6 Å². The van der Waals surface area contributed by atoms with Gasteiger partial charge in [0, 0.05) is 0 Å². The van der Waals surface area contributed by atoms with Crippen molar-refractivity contribution in [1.29, 1.82) is 0 Å². The van der Waals surface area contributed by atoms with Crippen LogP contribution in [0.5, 0.6) is 5.75 Å². The summed E-state index contributed by atoms with van der Waals surface area (Å²) >= 11 is 0. The quantitative estimate of drug-likeness (QED) is 0.470. The molecular weight excluding hydrogens is 342 g/mol. The molecule has 2 saturated carbocycles. The average molecular weight is 377 g/mol. The lowest BCUT2D eigenvalue weighted by molar-refractivity contribution is 0.160. The van der Waals surface area contributed by atoms with Gasteiger partial charge in [-0.15, -0.1) is 0 Å². The smallest absolute Gasteiger partial charge is 0.200 e. The third kappa shape index (κ3) is 4.92. The Bertz CT molecular complexity index is 624. The van der Waals surface area contributed by atoms with Crippen LogP contribution < -0.4 is 4.74 Å². The molecule has 1 nitrogen and oxygen atoms in total. The second-order valence-corrected chi connectivity index (χ2v) is 8.41. The summed E-state index contributed by atoms with van der Waals surface area (Å²) in [5.74, 6) is 1.15. The monoisotopic (exact) mass is 376 g/mol. The standard InChI is InChI=1S/C24H34F2O/c1-3-5-6-17-7-9-18(10-8-17)19-11-13-20(14-12-19)21-15-16-22(27-4-2)24(26)23(21)25/h3,5,15-20H,4,6-14H2,1-2H3/b5-3-. The van der Waals surface area contributed by atoms with Crippen LogP contribution >= 0.6 is 0 Å². The van der Waals surface area contributed by atoms with E-state index in [0.29, 0.717) is 12.2 Å². The Kier molecular flexibility index (Phi) is 7.32. The maximum absolute atomic E-state index is 14.5. The van der Waals surface area contributed by atoms with E-state index in [1.807, 2.05) is 0 Å². The van der Waals surface area contributed by atoms with Crippen molar-refractivity contribution in [1.82, 2.24) is 0 Å². The number of allylic oxidation sites excluding steroid dienone is 2. The van der Waals surface area contributed by atoms with Gasteiger partial charge in [-0.05, 0) is 107 Å². The topological polar surface area (TPSA) is 9.23 Å². The molecule has 3 heteroatoms. The van der Waals surface area contributed by atoms with Gasteiger partial charge >= 0.3 is 0 Å². The van der Waals surface area contributed by atoms with Crippen molar-refractivity contribution in [3.8, 4) is 5.75 Å². The van der Waals surface area contributed by atoms with Gasteiger partial charge in [-0.2, -0.15) is 4.39 Å². The Morgan fingerprint density at radius 1 is 0.926 bits per heavy atom. The van der Waals surface area contributed by atoms with Gasteiger partial charge in [0.1, 0.15) is 0 Å². The predicted molar refractivity (Wildman–Crippen MR) is 107 cm³/mol. The summed E-state index contributed by atoms with van der Waals surface area (Å²) in [5, 5.41) is 0. The molecule has 0 spiro atoms. The number of hydrogen-bond donors (Lipinski definition) is 0. The maximum atomic E-state index is 14.5. The highest BCUT2D eigenvalue weighted by molar-refractivity contribution is 5.33. The summed E-state index contributed by atoms with van der Waals surface area (Å²) in [6.07, 6.45) is 15.4. The summed E-state index contributed by atoms with van der Waals surface area (Å²) in [6.45, 7) is 4.22. The van der Waals surface area contributed by atoms with E-state index in [-0.39, 0.29) is 11.7 Å². The van der Waals surface area contributed by atoms with Crippen molar-refractivity contribution in [2.45, 2.75) is 77.6 Å². The molecule has 0 heterocycles. The first-order valence-corrected chi connectivity index (χ1v) is 10.9. The molecule has 0 N–H and O–H groups in total. The SMILES string of the molecule is C/C=C\CC1CCC(C2CCC(c3ccc(OCC)c(F)c3F)CC2)CC1. The lowest BCUT2D eigenvalue weighted by atomic mass is 9.68. The van der Waals surface area contributed by atoms with Crippen LogP contribution in [-0.2, 0) is 0 Å². The van der Waals surface area contributed by atoms with Crippen LogP contribution in [-0.4, -0.2) is 6.61 Å². The van der Waals surface area contributed by atoms with Crippen LogP contribution in [0.25, 0.3) is 0 Å². The fraction of sp³-hybridized carbons (Fsp3) is 0.667. The van der Waals surface area contributed by atoms with Crippen LogP contribution in [0.4, 0.5) is 8.78 Å². The summed E-state index contributed by atoms with van der Waals surface area (Å²) < 4.78 is 33.9. The predicted octanol–water partition coefficient (Wildman–Crippen LogP) is 7.41. The van der Waals surface area contributed by atoms with Crippen LogP contribution in [0, 0.1) is 29.4 Å². The van der Waals surface area contributed by atoms with E-state index in [4.69, 9.17) is 4.74 Å². The van der Waals surface area contributed by atoms with E-state index in [1.165, 1.54) is 32.1 Å². The molecule has 1 aromatic carbocycles. The Morgan fingerprint density at radius 3 is 2.15 bits per heavy atom. The zero-order valence-corrected chi connectivity index (χ0v) is 16.9. The molecule has 2 aliphatic rings. The van der Waals surface area contributed by atoms with E-state index in [9.17, 15) is 8.78 Å². The zero-order valence-electron chi connectivity index (χ0n) is 16.9. The summed E-state index contributed by atoms with van der Waals surface area (Å²) in [7, 11) is 0. The molecule has 150 valence electrons. The van der Waals surface area contributed by atoms with Gasteiger partial charge in [-0.25, -0.2) is 4.39 Å². The van der Waals surface area contributed by atoms with Gasteiger partial charge in [-0.1, -0.05) is 18.2 Å². The molecule has 0 aliphatic heterocycles. The zero-order chi connectivity index (χ0) is 19.2. The first-order valence-electron chi connectivity index (χ1n) is 10.9. The Balaban J connectivity index is 1.53. The molecule has 0 radical (unpaired) electrons. The van der Waals surface area contributed by atoms with Crippen molar-refractivity contribution in [2.24, 2.45) is 17.8 Å². The minimum Gasteiger partial charge on any atom is -0.491 e. The van der Waals surface area contributed by atoms with Crippen LogP contribution in [0.1, 0.15) is 83.1 Å². The lowest BCUT2D eigenvalue weighted by Crippen LogP contribution is -2.25. The fourth-order valence-electron chi connectivity index (χ4n) is 5.25. The van der Waals surface area contributed by atoms with Gasteiger partial charge in [0.25, 0.3) is 0 Å². The number of hydrogen-bond acceptors (Lipinski definition) is 1. The summed E-state index contributed by atoms with van der Waals surface area (Å²) in [5.41, 5.74) is 0.546. The molecule has 0 aromatic heterocycles. The maximum Gasteiger partial charge on any atom is 0.200 e. The molecule has 3 rings (SSSR count). The summed E-state index contributed by atoms with van der Waals surface area (Å²) in [4.78, 5) is 0. The van der Waals surface area contributed by atoms with Gasteiger partial charge in [-0.3, -0.25) is 0 Å². The average Bonchev–Trinajstić information content (AvgIpc) is 2.71. The number of ether oxygens (including phenoxy) is 1. The van der Waals surface area contributed by atoms with Crippen molar-refractivity contribution in [2.75, 3.05) is 6.61 Å². The number of benzene rings is 1. The first-order chi connectivity index (χ1) is 13.1. The van der Waals surface area contributed by atoms with Crippen molar-refractivity contribution < 1.29 is 13.5 Å². The van der Waals surface area contributed by atoms with E-state index in [1.54, 1.807) is 19.1 Å². The Hall–Kier alpha value is -1.38. The van der Waals surface area contributed by atoms with E-state index in [0.717, 1.165) is 43.4 Å². The molecular formula is C24H34F2O. The lowest BCUT2D eigenvalue weighted by Gasteiger charge is -2.38. The second kappa shape index (κ2) is 9.71. The molecule has 0 saturated heterocycles. The van der Waals surface area contributed by atoms with E-state index >= 15 is 0 Å². The normalized spacial score (nSPS) is 29.2. The Morgan fingerprint density at radius 2 is 1.56 bits per heavy atom. The van der Waals surface area contributed by atoms with Gasteiger partial charge in [0.2, 0.25) is 5.82 Å². The largest absolute Gasteiger partial charge is 0.491 e. The number of halogens is 2. The molecule has 0 atom stereocenters. The molecule has 1 aromatic rings. The van der Waals surface area contributed by atoms with Gasteiger partial charge < -0.3 is 4.74 Å². The third-order valence-corrected chi connectivity index (χ3v) is 6.85. The molecule has 2 fully saturated rings. The highest BCUT2D eigenvalue weighted by Gasteiger charge is 2.32. The van der Waals surface area contributed by atoms with Crippen molar-refractivity contribution in [3.63, 3.8) is 0 Å². The van der Waals surface area contributed by atoms with E-state index in [2.05, 4.69) is 19.1 Å². The molecule has 0 unspecified atom stereocenters. The molecule has 2 aliphatic carbocycles. The molecule has 27 heavy (non-hydrogen) atoms. The highest BCUT2D eigenvalue weighted by atomic mass is 19.2. The fourth-order valence-corrected chi connectivity index (χ4v) is 5.25. The second-order valence-electron chi connectivity index (χ2n) is 8.41. The molecule has 0 bridgehead atoms. The van der Waals surface area contributed by atoms with Gasteiger partial charge in [0.05, 0.1) is 6.61 Å². The van der Waals surface area contributed by atoms with Crippen LogP contribution in [0.2, 0.25) is 0 Å². The summed E-state index contributed by atoms with van der Waals surface area (Å²) in [6, 6.07) is 3.33. The Labute approximate surface area is 163 Å². The minimum atomic E-state index is -0.823. The first kappa shape index (κ1) is 20.4. The van der Waals surface area contributed by atoms with Crippen LogP contribution in [0.3, 0.4) is 0 Å². The number of rotatable bonds is 6. The van der Waals surface area contributed by atoms with Crippen molar-refractivity contribution in [3.05, 3.63) is 41.5 Å². The molecule has 0 amide bonds. The minimum absolute atomic E-state index is 0.0297. The van der Waals surface area contributed by atoms with E-state index < -0.39 is 11.6 Å². The highest BCUT2D eigenvalue weighted by Crippen LogP contribution is 2.45. The van der Waals surface area contributed by atoms with Crippen molar-refractivity contribution >= 4 is 0 Å². The third-order valence-electron chi connectivity index (χ3n) is 6.85.